The van der Waals surface area contributed by atoms with E-state index in [0.29, 0.717) is 17.4 Å². The minimum absolute atomic E-state index is 0.0201. The Hall–Kier alpha value is -2.99. The van der Waals surface area contributed by atoms with Crippen LogP contribution in [0.4, 0.5) is 0 Å². The number of nitrogens with zero attached hydrogens (tertiary/aromatic N) is 3. The maximum absolute atomic E-state index is 12.5. The Labute approximate surface area is 268 Å². The number of hydrogen-bond donors (Lipinski definition) is 8. The number of oxime groups is 1. The van der Waals surface area contributed by atoms with Gasteiger partial charge >= 0.3 is 21.3 Å². The molecule has 0 radical (unpaired) electrons. The highest BCUT2D eigenvalue weighted by molar-refractivity contribution is 7.61. The number of carbonyl (C=O) groups is 2. The average Bonchev–Trinajstić information content (AvgIpc) is 3.47. The normalized spacial score (nSPS) is 33.3. The molecule has 0 aromatic carbocycles. The van der Waals surface area contributed by atoms with Crippen LogP contribution in [0.1, 0.15) is 19.1 Å². The largest absolute Gasteiger partial charge is 0.483 e. The fraction of sp³-hybridized carbons (Fsp3) is 0.609. The van der Waals surface area contributed by atoms with E-state index in [1.807, 2.05) is 4.98 Å². The zero-order valence-electron chi connectivity index (χ0n) is 24.4. The van der Waals surface area contributed by atoms with Crippen LogP contribution in [0.15, 0.2) is 39.2 Å². The van der Waals surface area contributed by atoms with Crippen LogP contribution < -0.4 is 11.2 Å². The molecule has 3 aliphatic heterocycles. The molecule has 8 N–H and O–H groups in total. The van der Waals surface area contributed by atoms with Crippen LogP contribution in [0.3, 0.4) is 0 Å². The topological polar surface area (TPSA) is 336 Å². The highest BCUT2D eigenvalue weighted by Gasteiger charge is 2.49. The zero-order chi connectivity index (χ0) is 35.4. The van der Waals surface area contributed by atoms with Crippen molar-refractivity contribution in [1.29, 1.82) is 0 Å². The lowest BCUT2D eigenvalue weighted by molar-refractivity contribution is -0.259. The number of amides is 2. The minimum Gasteiger partial charge on any atom is -0.396 e. The minimum atomic E-state index is -5.69. The number of aliphatic hydroxyl groups excluding tert-OH is 5. The summed E-state index contributed by atoms with van der Waals surface area (Å²) in [7, 11) is -11.3. The van der Waals surface area contributed by atoms with Crippen LogP contribution in [-0.4, -0.2) is 137 Å². The van der Waals surface area contributed by atoms with E-state index in [0.717, 1.165) is 35.5 Å². The highest BCUT2D eigenvalue weighted by atomic mass is 31.3. The molecule has 0 spiro atoms. The molecular weight excluding hydrogens is 698 g/mol. The first-order valence-electron chi connectivity index (χ1n) is 13.9. The third kappa shape index (κ3) is 9.37. The number of nitrogens with one attached hydrogen (secondary N) is 1. The van der Waals surface area contributed by atoms with Crippen molar-refractivity contribution in [1.82, 2.24) is 14.5 Å². The number of unbranched alkanes of at least 4 members (excludes halogenated alkanes) is 1. The summed E-state index contributed by atoms with van der Waals surface area (Å²) in [6, 6.07) is 0.922. The Morgan fingerprint density at radius 3 is 2.25 bits per heavy atom. The van der Waals surface area contributed by atoms with Gasteiger partial charge in [0.25, 0.3) is 17.4 Å². The maximum Gasteiger partial charge on any atom is 0.483 e. The molecule has 11 atom stereocenters. The van der Waals surface area contributed by atoms with Gasteiger partial charge in [0.2, 0.25) is 0 Å². The SMILES string of the molecule is O=C1C=CC(=O)N1CCCCO/N=C/[C@H]1O[C@H](OP(=O)(O)OP(=O)(O)OCC2OC(n3ccc(=O)[nH]c3=O)C(O)[C@H]2O)[C@H](O)[C@@H](O)[C@H]1O. The fourth-order valence-electron chi connectivity index (χ4n) is 4.52. The molecule has 5 unspecified atom stereocenters. The number of phosphoric acid groups is 2. The number of aromatic nitrogens is 2. The monoisotopic (exact) mass is 730 g/mol. The van der Waals surface area contributed by atoms with E-state index < -0.39 is 101 Å². The van der Waals surface area contributed by atoms with Gasteiger partial charge < -0.3 is 49.6 Å². The molecule has 25 heteroatoms. The summed E-state index contributed by atoms with van der Waals surface area (Å²) < 4.78 is 49.4. The molecule has 4 heterocycles. The Morgan fingerprint density at radius 1 is 0.896 bits per heavy atom. The van der Waals surface area contributed by atoms with Gasteiger partial charge in [-0.05, 0) is 12.8 Å². The first-order chi connectivity index (χ1) is 22.5. The van der Waals surface area contributed by atoms with Crippen molar-refractivity contribution in [2.24, 2.45) is 5.16 Å². The van der Waals surface area contributed by atoms with E-state index >= 15 is 0 Å². The molecule has 3 aliphatic rings. The number of H-pyrrole nitrogens is 1. The van der Waals surface area contributed by atoms with Crippen LogP contribution in [0, 0.1) is 0 Å². The van der Waals surface area contributed by atoms with Crippen molar-refractivity contribution in [3.8, 4) is 0 Å². The van der Waals surface area contributed by atoms with Gasteiger partial charge in [-0.25, -0.2) is 13.9 Å². The number of aliphatic hydroxyl groups is 5. The van der Waals surface area contributed by atoms with Crippen molar-refractivity contribution in [2.45, 2.75) is 68.1 Å². The Balaban J connectivity index is 1.26. The van der Waals surface area contributed by atoms with Gasteiger partial charge in [0.05, 0.1) is 12.8 Å². The van der Waals surface area contributed by atoms with Crippen LogP contribution in [0.2, 0.25) is 0 Å². The van der Waals surface area contributed by atoms with Crippen LogP contribution in [-0.2, 0) is 46.4 Å². The molecular formula is C23H32N4O19P2. The van der Waals surface area contributed by atoms with E-state index in [1.54, 1.807) is 0 Å². The molecule has 2 amide bonds. The second-order valence-corrected chi connectivity index (χ2v) is 13.4. The summed E-state index contributed by atoms with van der Waals surface area (Å²) in [5.74, 6) is -0.880. The van der Waals surface area contributed by atoms with Gasteiger partial charge in [-0.1, -0.05) is 5.16 Å². The van der Waals surface area contributed by atoms with Crippen molar-refractivity contribution in [2.75, 3.05) is 19.8 Å². The number of ether oxygens (including phenoxy) is 2. The molecule has 0 aliphatic carbocycles. The standard InChI is InChI=1S/C23H32N4O19P2/c28-13-5-7-27(23(36)25-13)21-19(34)17(32)12(43-21)10-42-47(37,38)46-48(39,40)45-22-20(35)18(33)16(31)11(44-22)9-24-41-8-2-1-6-26-14(29)3-4-15(26)30/h3-5,7,9,11-12,16-22,31-35H,1-2,6,8,10H2,(H,37,38)(H,39,40)(H,25,28,36)/b24-9+/t11-,12?,16+,17+,18+,19?,20-,21?,22-/m1/s1. The summed E-state index contributed by atoms with van der Waals surface area (Å²) in [6.07, 6.45) is -12.0. The molecule has 268 valence electrons. The van der Waals surface area contributed by atoms with Crippen LogP contribution >= 0.6 is 15.6 Å². The predicted octanol–water partition coefficient (Wildman–Crippen LogP) is -4.08. The second-order valence-electron chi connectivity index (χ2n) is 10.4. The predicted molar refractivity (Wildman–Crippen MR) is 151 cm³/mol. The van der Waals surface area contributed by atoms with Crippen molar-refractivity contribution < 1.29 is 81.7 Å². The smallest absolute Gasteiger partial charge is 0.396 e. The van der Waals surface area contributed by atoms with Gasteiger partial charge in [0.1, 0.15) is 49.3 Å². The zero-order valence-corrected chi connectivity index (χ0v) is 26.2. The molecule has 4 rings (SSSR count). The Morgan fingerprint density at radius 2 is 1.58 bits per heavy atom. The van der Waals surface area contributed by atoms with Gasteiger partial charge in [-0.15, -0.1) is 0 Å². The summed E-state index contributed by atoms with van der Waals surface area (Å²) in [5, 5.41) is 54.5. The first kappa shape index (κ1) is 37.8. The van der Waals surface area contributed by atoms with Gasteiger partial charge in [0.15, 0.2) is 12.5 Å². The fourth-order valence-corrected chi connectivity index (χ4v) is 6.68. The third-order valence-electron chi connectivity index (χ3n) is 6.96. The third-order valence-corrected chi connectivity index (χ3v) is 9.57. The quantitative estimate of drug-likeness (QED) is 0.0280. The van der Waals surface area contributed by atoms with Gasteiger partial charge in [0, 0.05) is 31.0 Å². The molecule has 0 saturated carbocycles. The average molecular weight is 730 g/mol. The molecule has 2 saturated heterocycles. The second kappa shape index (κ2) is 15.7. The summed E-state index contributed by atoms with van der Waals surface area (Å²) in [4.78, 5) is 74.3. The van der Waals surface area contributed by atoms with Crippen LogP contribution in [0.5, 0.6) is 0 Å². The maximum atomic E-state index is 12.5. The van der Waals surface area contributed by atoms with E-state index in [-0.39, 0.29) is 13.2 Å². The molecule has 2 fully saturated rings. The number of carbonyl (C=O) groups excluding carboxylic acids is 2. The molecule has 0 bridgehead atoms. The number of rotatable bonds is 15. The van der Waals surface area contributed by atoms with Crippen molar-refractivity contribution >= 4 is 33.7 Å². The Kier molecular flexibility index (Phi) is 12.4. The van der Waals surface area contributed by atoms with E-state index in [9.17, 15) is 63.6 Å². The summed E-state index contributed by atoms with van der Waals surface area (Å²) >= 11 is 0. The van der Waals surface area contributed by atoms with E-state index in [2.05, 4.69) is 18.5 Å². The highest BCUT2D eigenvalue weighted by Crippen LogP contribution is 2.61. The van der Waals surface area contributed by atoms with E-state index in [1.165, 1.54) is 0 Å². The lowest BCUT2D eigenvalue weighted by Gasteiger charge is -2.38. The van der Waals surface area contributed by atoms with E-state index in [4.69, 9.17) is 14.3 Å². The van der Waals surface area contributed by atoms with Crippen molar-refractivity contribution in [3.63, 3.8) is 0 Å². The van der Waals surface area contributed by atoms with Crippen LogP contribution in [0.25, 0.3) is 0 Å². The number of imide groups is 1. The van der Waals surface area contributed by atoms with Gasteiger partial charge in [-0.3, -0.25) is 37.9 Å². The number of aromatic amines is 1. The first-order valence-corrected chi connectivity index (χ1v) is 16.9. The molecule has 1 aromatic heterocycles. The lowest BCUT2D eigenvalue weighted by atomic mass is 10.00. The molecule has 23 nitrogen and oxygen atoms in total. The summed E-state index contributed by atoms with van der Waals surface area (Å²) in [5.41, 5.74) is -1.77. The molecule has 48 heavy (non-hydrogen) atoms. The van der Waals surface area contributed by atoms with Crippen molar-refractivity contribution in [3.05, 3.63) is 45.3 Å². The lowest BCUT2D eigenvalue weighted by Crippen LogP contribution is -2.58. The molecule has 1 aromatic rings. The Bertz CT molecular complexity index is 1580. The number of phosphoric ester groups is 2. The van der Waals surface area contributed by atoms with Gasteiger partial charge in [-0.2, -0.15) is 4.31 Å². The summed E-state index contributed by atoms with van der Waals surface area (Å²) in [6.45, 7) is -0.937. The number of hydrogen-bond acceptors (Lipinski definition) is 18.